The van der Waals surface area contributed by atoms with E-state index in [1.807, 2.05) is 37.4 Å². The summed E-state index contributed by atoms with van der Waals surface area (Å²) in [5.74, 6) is 1.00. The van der Waals surface area contributed by atoms with Gasteiger partial charge in [-0.25, -0.2) is 4.98 Å². The van der Waals surface area contributed by atoms with Crippen LogP contribution in [-0.2, 0) is 0 Å². The smallest absolute Gasteiger partial charge is 0.165 e. The third-order valence-corrected chi connectivity index (χ3v) is 4.58. The van der Waals surface area contributed by atoms with Crippen molar-refractivity contribution in [3.8, 4) is 18.9 Å². The molecule has 2 aromatic heterocycles. The molecule has 0 bridgehead atoms. The van der Waals surface area contributed by atoms with E-state index in [4.69, 9.17) is 16.0 Å². The number of allylic oxidation sites excluding steroid dienone is 4. The maximum absolute atomic E-state index is 8.66. The summed E-state index contributed by atoms with van der Waals surface area (Å²) in [6, 6.07) is 4.10. The van der Waals surface area contributed by atoms with Gasteiger partial charge < -0.3 is 11.1 Å². The Morgan fingerprint density at radius 3 is 3.00 bits per heavy atom. The Kier molecular flexibility index (Phi) is 7.61. The predicted molar refractivity (Wildman–Crippen MR) is 110 cm³/mol. The van der Waals surface area contributed by atoms with Crippen LogP contribution in [0.1, 0.15) is 49.8 Å². The van der Waals surface area contributed by atoms with Crippen molar-refractivity contribution in [1.82, 2.24) is 19.9 Å². The predicted octanol–water partition coefficient (Wildman–Crippen LogP) is 3.29. The quantitative estimate of drug-likeness (QED) is 0.484. The van der Waals surface area contributed by atoms with Crippen LogP contribution in [0.2, 0.25) is 0 Å². The fourth-order valence-corrected chi connectivity index (χ4v) is 3.22. The van der Waals surface area contributed by atoms with Gasteiger partial charge in [0.15, 0.2) is 5.65 Å². The number of hydrogen-bond donors (Lipinski definition) is 2. The van der Waals surface area contributed by atoms with Crippen LogP contribution in [-0.4, -0.2) is 27.7 Å². The highest BCUT2D eigenvalue weighted by atomic mass is 15.3. The Labute approximate surface area is 160 Å². The molecule has 3 heterocycles. The van der Waals surface area contributed by atoms with Crippen molar-refractivity contribution in [3.05, 3.63) is 41.7 Å². The summed E-state index contributed by atoms with van der Waals surface area (Å²) in [5.41, 5.74) is 10.1. The third kappa shape index (κ3) is 4.75. The van der Waals surface area contributed by atoms with E-state index in [9.17, 15) is 0 Å². The number of rotatable bonds is 5. The van der Waals surface area contributed by atoms with E-state index in [1.165, 1.54) is 0 Å². The summed E-state index contributed by atoms with van der Waals surface area (Å²) < 4.78 is 1.70. The molecule has 1 unspecified atom stereocenters. The Balaban J connectivity index is 0.00000126. The van der Waals surface area contributed by atoms with Crippen LogP contribution in [0.3, 0.4) is 0 Å². The standard InChI is InChI=1S/C19H24N6.C2H2/c1-2-14(7-4-3-5-9-20)16-13-23-25-18(21)11-17(24-19(16)25)15-8-6-10-22-12-15;1-2/h2,4,7,11,13,15,22H,3,5-6,8,10,12,21H2,1H3;1-2H/b7-4-,14-2+;. The molecule has 27 heavy (non-hydrogen) atoms. The van der Waals surface area contributed by atoms with Gasteiger partial charge in [0.25, 0.3) is 0 Å². The van der Waals surface area contributed by atoms with Gasteiger partial charge in [-0.05, 0) is 38.3 Å². The topological polar surface area (TPSA) is 92.0 Å². The maximum Gasteiger partial charge on any atom is 0.165 e. The molecule has 1 aliphatic rings. The number of unbranched alkanes of at least 4 members (excludes halogenated alkanes) is 1. The van der Waals surface area contributed by atoms with E-state index in [2.05, 4.69) is 29.3 Å². The molecule has 6 heteroatoms. The average Bonchev–Trinajstić information content (AvgIpc) is 3.15. The van der Waals surface area contributed by atoms with Crippen molar-refractivity contribution < 1.29 is 0 Å². The van der Waals surface area contributed by atoms with Gasteiger partial charge in [-0.15, -0.1) is 12.8 Å². The number of nitriles is 1. The zero-order valence-electron chi connectivity index (χ0n) is 15.7. The molecule has 6 nitrogen and oxygen atoms in total. The van der Waals surface area contributed by atoms with E-state index in [-0.39, 0.29) is 0 Å². The molecule has 1 saturated heterocycles. The minimum atomic E-state index is 0.393. The van der Waals surface area contributed by atoms with Crippen LogP contribution in [0.4, 0.5) is 5.82 Å². The van der Waals surface area contributed by atoms with E-state index in [1.54, 1.807) is 4.52 Å². The molecule has 140 valence electrons. The molecule has 0 saturated carbocycles. The summed E-state index contributed by atoms with van der Waals surface area (Å²) >= 11 is 0. The van der Waals surface area contributed by atoms with Gasteiger partial charge in [-0.2, -0.15) is 14.9 Å². The molecule has 1 fully saturated rings. The monoisotopic (exact) mass is 362 g/mol. The van der Waals surface area contributed by atoms with Crippen molar-refractivity contribution in [1.29, 1.82) is 5.26 Å². The number of aromatic nitrogens is 3. The third-order valence-electron chi connectivity index (χ3n) is 4.58. The lowest BCUT2D eigenvalue weighted by molar-refractivity contribution is 0.455. The number of anilines is 1. The lowest BCUT2D eigenvalue weighted by Crippen LogP contribution is -2.29. The van der Waals surface area contributed by atoms with Crippen LogP contribution in [0.5, 0.6) is 0 Å². The lowest BCUT2D eigenvalue weighted by Gasteiger charge is -2.22. The summed E-state index contributed by atoms with van der Waals surface area (Å²) in [6.45, 7) is 4.00. The second kappa shape index (κ2) is 10.2. The van der Waals surface area contributed by atoms with Crippen molar-refractivity contribution in [2.75, 3.05) is 18.8 Å². The Bertz CT molecular complexity index is 875. The lowest BCUT2D eigenvalue weighted by atomic mass is 9.96. The van der Waals surface area contributed by atoms with Crippen LogP contribution in [0.15, 0.2) is 30.5 Å². The summed E-state index contributed by atoms with van der Waals surface area (Å²) in [4.78, 5) is 4.89. The molecule has 0 aromatic carbocycles. The Hall–Kier alpha value is -3.09. The first-order valence-electron chi connectivity index (χ1n) is 9.13. The first-order valence-corrected chi connectivity index (χ1v) is 9.13. The molecule has 1 aliphatic heterocycles. The normalized spacial score (nSPS) is 17.4. The van der Waals surface area contributed by atoms with Crippen LogP contribution < -0.4 is 11.1 Å². The molecule has 3 N–H and O–H groups in total. The van der Waals surface area contributed by atoms with Gasteiger partial charge in [-0.3, -0.25) is 0 Å². The highest BCUT2D eigenvalue weighted by Gasteiger charge is 2.19. The van der Waals surface area contributed by atoms with Gasteiger partial charge in [-0.1, -0.05) is 18.2 Å². The molecule has 0 spiro atoms. The second-order valence-electron chi connectivity index (χ2n) is 6.29. The number of fused-ring (bicyclic) bond motifs is 1. The number of hydrogen-bond acceptors (Lipinski definition) is 5. The first-order chi connectivity index (χ1) is 13.2. The fraction of sp³-hybridized carbons (Fsp3) is 0.381. The number of nitrogens with zero attached hydrogens (tertiary/aromatic N) is 4. The largest absolute Gasteiger partial charge is 0.384 e. The molecular weight excluding hydrogens is 336 g/mol. The Morgan fingerprint density at radius 2 is 2.33 bits per heavy atom. The number of piperidine rings is 1. The van der Waals surface area contributed by atoms with E-state index in [0.717, 1.165) is 54.8 Å². The number of terminal acetylenes is 1. The zero-order chi connectivity index (χ0) is 19.6. The van der Waals surface area contributed by atoms with E-state index in [0.29, 0.717) is 18.2 Å². The summed E-state index contributed by atoms with van der Waals surface area (Å²) in [6.07, 6.45) is 19.4. The molecule has 2 aromatic rings. The van der Waals surface area contributed by atoms with Gasteiger partial charge in [0.2, 0.25) is 0 Å². The number of nitrogens with one attached hydrogen (secondary N) is 1. The van der Waals surface area contributed by atoms with Crippen LogP contribution in [0.25, 0.3) is 11.2 Å². The van der Waals surface area contributed by atoms with Gasteiger partial charge in [0.1, 0.15) is 5.82 Å². The van der Waals surface area contributed by atoms with Gasteiger partial charge in [0.05, 0.1) is 18.0 Å². The molecular formula is C21H26N6. The van der Waals surface area contributed by atoms with Gasteiger partial charge in [0, 0.05) is 30.5 Å². The minimum Gasteiger partial charge on any atom is -0.384 e. The second-order valence-corrected chi connectivity index (χ2v) is 6.29. The van der Waals surface area contributed by atoms with Gasteiger partial charge >= 0.3 is 0 Å². The molecule has 0 aliphatic carbocycles. The summed E-state index contributed by atoms with van der Waals surface area (Å²) in [5, 5.41) is 16.5. The van der Waals surface area contributed by atoms with E-state index < -0.39 is 0 Å². The van der Waals surface area contributed by atoms with E-state index >= 15 is 0 Å². The first kappa shape index (κ1) is 20.2. The number of nitrogen functional groups attached to an aromatic ring is 1. The van der Waals surface area contributed by atoms with Crippen molar-refractivity contribution in [3.63, 3.8) is 0 Å². The molecule has 1 atom stereocenters. The highest BCUT2D eigenvalue weighted by molar-refractivity contribution is 5.82. The fourth-order valence-electron chi connectivity index (χ4n) is 3.22. The molecule has 0 radical (unpaired) electrons. The highest BCUT2D eigenvalue weighted by Crippen LogP contribution is 2.27. The molecule has 0 amide bonds. The van der Waals surface area contributed by atoms with Crippen molar-refractivity contribution >= 4 is 17.0 Å². The average molecular weight is 362 g/mol. The van der Waals surface area contributed by atoms with Crippen molar-refractivity contribution in [2.24, 2.45) is 0 Å². The van der Waals surface area contributed by atoms with Crippen molar-refractivity contribution in [2.45, 2.75) is 38.5 Å². The SMILES string of the molecule is C#C.C/C=C(\C=C/CCC#N)c1cnn2c(N)cc(C3CCCNC3)nc12. The summed E-state index contributed by atoms with van der Waals surface area (Å²) in [7, 11) is 0. The van der Waals surface area contributed by atoms with Crippen LogP contribution in [0, 0.1) is 24.2 Å². The number of nitrogens with two attached hydrogens (primary N) is 1. The Morgan fingerprint density at radius 1 is 1.52 bits per heavy atom. The van der Waals surface area contributed by atoms with Crippen LogP contribution >= 0.6 is 0 Å². The molecule has 3 rings (SSSR count). The minimum absolute atomic E-state index is 0.393. The zero-order valence-corrected chi connectivity index (χ0v) is 15.7. The maximum atomic E-state index is 8.66.